The number of hydrogen-bond acceptors (Lipinski definition) is 6. The van der Waals surface area contributed by atoms with Crippen molar-refractivity contribution in [3.8, 4) is 0 Å². The van der Waals surface area contributed by atoms with Gasteiger partial charge in [-0.25, -0.2) is 0 Å². The molecule has 4 aliphatic rings. The standard InChI is InChI=1S/C25H36N2O6/c1-6-9-16(4)26-12-7-11-25-18(19-23(31)32-13-8-10-24(19,5)33-25)21(29)27(20(25)22(26)30)17(14-28)15(2)3/h7-8,10-11,15-20,28H,6,9,12-14H2,1-5H3/t16?,17-,18-,19-,20?,24+,25-/m0/s1. The van der Waals surface area contributed by atoms with Crippen molar-refractivity contribution in [2.75, 3.05) is 19.8 Å². The molecular formula is C25H36N2O6. The fourth-order valence-corrected chi connectivity index (χ4v) is 6.26. The maximum Gasteiger partial charge on any atom is 0.313 e. The van der Waals surface area contributed by atoms with Crippen molar-refractivity contribution < 1.29 is 29.0 Å². The van der Waals surface area contributed by atoms with E-state index >= 15 is 0 Å². The summed E-state index contributed by atoms with van der Waals surface area (Å²) < 4.78 is 12.1. The van der Waals surface area contributed by atoms with Crippen LogP contribution in [0.3, 0.4) is 0 Å². The number of aliphatic hydroxyl groups excluding tert-OH is 1. The Labute approximate surface area is 195 Å². The molecule has 0 aromatic carbocycles. The Morgan fingerprint density at radius 2 is 1.85 bits per heavy atom. The maximum absolute atomic E-state index is 14.1. The van der Waals surface area contributed by atoms with Gasteiger partial charge >= 0.3 is 5.97 Å². The van der Waals surface area contributed by atoms with Crippen LogP contribution in [0.1, 0.15) is 47.5 Å². The van der Waals surface area contributed by atoms with Crippen LogP contribution in [-0.4, -0.2) is 81.8 Å². The number of amides is 2. The number of cyclic esters (lactones) is 1. The Hall–Kier alpha value is -2.19. The third kappa shape index (κ3) is 3.44. The first kappa shape index (κ1) is 24.0. The minimum absolute atomic E-state index is 0.0164. The van der Waals surface area contributed by atoms with Crippen LogP contribution in [0.2, 0.25) is 0 Å². The molecule has 1 spiro atoms. The number of carbonyl (C=O) groups is 3. The van der Waals surface area contributed by atoms with Crippen LogP contribution >= 0.6 is 0 Å². The van der Waals surface area contributed by atoms with Crippen LogP contribution in [-0.2, 0) is 23.9 Å². The molecule has 7 atom stereocenters. The van der Waals surface area contributed by atoms with E-state index in [2.05, 4.69) is 6.92 Å². The molecule has 0 radical (unpaired) electrons. The number of carbonyl (C=O) groups excluding carboxylic acids is 3. The molecule has 8 heteroatoms. The molecule has 2 amide bonds. The number of ether oxygens (including phenoxy) is 2. The van der Waals surface area contributed by atoms with Crippen LogP contribution in [0, 0.1) is 17.8 Å². The zero-order valence-electron chi connectivity index (χ0n) is 20.2. The summed E-state index contributed by atoms with van der Waals surface area (Å²) in [4.78, 5) is 44.6. The monoisotopic (exact) mass is 460 g/mol. The van der Waals surface area contributed by atoms with Gasteiger partial charge in [-0.3, -0.25) is 14.4 Å². The van der Waals surface area contributed by atoms with Gasteiger partial charge in [-0.1, -0.05) is 45.4 Å². The highest BCUT2D eigenvalue weighted by atomic mass is 16.6. The third-order valence-corrected chi connectivity index (χ3v) is 7.83. The number of fused-ring (bicyclic) bond motifs is 2. The Balaban J connectivity index is 1.89. The summed E-state index contributed by atoms with van der Waals surface area (Å²) in [5.74, 6) is -2.91. The fourth-order valence-electron chi connectivity index (χ4n) is 6.26. The number of aliphatic hydroxyl groups is 1. The Morgan fingerprint density at radius 1 is 1.12 bits per heavy atom. The molecule has 33 heavy (non-hydrogen) atoms. The summed E-state index contributed by atoms with van der Waals surface area (Å²) in [7, 11) is 0. The van der Waals surface area contributed by atoms with Gasteiger partial charge in [-0.15, -0.1) is 0 Å². The zero-order chi connectivity index (χ0) is 24.1. The minimum atomic E-state index is -1.31. The van der Waals surface area contributed by atoms with E-state index in [9.17, 15) is 19.5 Å². The highest BCUT2D eigenvalue weighted by molar-refractivity contribution is 5.99. The summed E-state index contributed by atoms with van der Waals surface area (Å²) in [6.45, 7) is 9.95. The van der Waals surface area contributed by atoms with Gasteiger partial charge in [0.05, 0.1) is 24.2 Å². The molecule has 0 aliphatic carbocycles. The average Bonchev–Trinajstić information content (AvgIpc) is 3.00. The van der Waals surface area contributed by atoms with Crippen molar-refractivity contribution in [2.24, 2.45) is 17.8 Å². The van der Waals surface area contributed by atoms with Crippen molar-refractivity contribution in [3.63, 3.8) is 0 Å². The van der Waals surface area contributed by atoms with Crippen molar-refractivity contribution >= 4 is 17.8 Å². The van der Waals surface area contributed by atoms with Crippen molar-refractivity contribution in [1.82, 2.24) is 9.80 Å². The van der Waals surface area contributed by atoms with E-state index in [0.29, 0.717) is 6.54 Å². The smallest absolute Gasteiger partial charge is 0.313 e. The first-order chi connectivity index (χ1) is 15.6. The van der Waals surface area contributed by atoms with Crippen LogP contribution in [0.25, 0.3) is 0 Å². The van der Waals surface area contributed by atoms with Gasteiger partial charge in [-0.05, 0) is 32.3 Å². The number of nitrogens with zero attached hydrogens (tertiary/aromatic N) is 2. The zero-order valence-corrected chi connectivity index (χ0v) is 20.2. The summed E-state index contributed by atoms with van der Waals surface area (Å²) in [5.41, 5.74) is -2.38. The summed E-state index contributed by atoms with van der Waals surface area (Å²) in [6, 6.07) is -1.55. The third-order valence-electron chi connectivity index (χ3n) is 7.83. The molecule has 4 heterocycles. The molecule has 0 aromatic heterocycles. The summed E-state index contributed by atoms with van der Waals surface area (Å²) in [5, 5.41) is 10.2. The lowest BCUT2D eigenvalue weighted by molar-refractivity contribution is -0.161. The van der Waals surface area contributed by atoms with Crippen LogP contribution in [0.4, 0.5) is 0 Å². The largest absolute Gasteiger partial charge is 0.461 e. The number of hydrogen-bond donors (Lipinski definition) is 1. The van der Waals surface area contributed by atoms with E-state index in [1.807, 2.05) is 32.9 Å². The minimum Gasteiger partial charge on any atom is -0.461 e. The molecule has 0 bridgehead atoms. The van der Waals surface area contributed by atoms with E-state index in [-0.39, 0.29) is 37.0 Å². The second-order valence-electron chi connectivity index (χ2n) is 10.3. The topological polar surface area (TPSA) is 96.4 Å². The highest BCUT2D eigenvalue weighted by Gasteiger charge is 2.75. The normalized spacial score (nSPS) is 37.4. The lowest BCUT2D eigenvalue weighted by atomic mass is 9.74. The van der Waals surface area contributed by atoms with Crippen molar-refractivity contribution in [1.29, 1.82) is 0 Å². The van der Waals surface area contributed by atoms with Gasteiger partial charge < -0.3 is 24.4 Å². The Kier molecular flexibility index (Phi) is 6.20. The van der Waals surface area contributed by atoms with Gasteiger partial charge in [0.1, 0.15) is 24.2 Å². The van der Waals surface area contributed by atoms with E-state index in [1.165, 1.54) is 4.90 Å². The molecule has 0 aromatic rings. The second kappa shape index (κ2) is 8.55. The van der Waals surface area contributed by atoms with Gasteiger partial charge in [0.2, 0.25) is 11.8 Å². The quantitative estimate of drug-likeness (QED) is 0.479. The first-order valence-electron chi connectivity index (χ1n) is 12.1. The lowest BCUT2D eigenvalue weighted by Gasteiger charge is -2.42. The summed E-state index contributed by atoms with van der Waals surface area (Å²) in [6.07, 6.45) is 8.99. The number of esters is 1. The molecule has 4 rings (SSSR count). The van der Waals surface area contributed by atoms with Crippen LogP contribution in [0.5, 0.6) is 0 Å². The molecule has 8 nitrogen and oxygen atoms in total. The molecule has 0 saturated carbocycles. The predicted molar refractivity (Wildman–Crippen MR) is 121 cm³/mol. The average molecular weight is 461 g/mol. The molecular weight excluding hydrogens is 424 g/mol. The van der Waals surface area contributed by atoms with E-state index in [4.69, 9.17) is 9.47 Å². The van der Waals surface area contributed by atoms with E-state index < -0.39 is 41.1 Å². The molecule has 1 N–H and O–H groups in total. The van der Waals surface area contributed by atoms with Crippen LogP contribution in [0.15, 0.2) is 24.3 Å². The molecule has 182 valence electrons. The van der Waals surface area contributed by atoms with Gasteiger partial charge in [-0.2, -0.15) is 0 Å². The lowest BCUT2D eigenvalue weighted by Crippen LogP contribution is -2.60. The first-order valence-corrected chi connectivity index (χ1v) is 12.1. The second-order valence-corrected chi connectivity index (χ2v) is 10.3. The summed E-state index contributed by atoms with van der Waals surface area (Å²) >= 11 is 0. The van der Waals surface area contributed by atoms with E-state index in [1.54, 1.807) is 24.0 Å². The molecule has 2 saturated heterocycles. The number of rotatable bonds is 6. The fraction of sp³-hybridized carbons (Fsp3) is 0.720. The predicted octanol–water partition coefficient (Wildman–Crippen LogP) is 1.67. The van der Waals surface area contributed by atoms with Crippen molar-refractivity contribution in [3.05, 3.63) is 24.3 Å². The molecule has 4 aliphatic heterocycles. The number of likely N-dealkylation sites (tertiary alicyclic amines) is 1. The van der Waals surface area contributed by atoms with Gasteiger partial charge in [0.25, 0.3) is 0 Å². The molecule has 2 fully saturated rings. The Morgan fingerprint density at radius 3 is 2.48 bits per heavy atom. The molecule has 2 unspecified atom stereocenters. The SMILES string of the molecule is CCCC(C)N1CC=C[C@]23O[C@]4(C)C=CCOC(=O)[C@@H]4[C@H]2C(=O)N([C@@H](CO)C(C)C)C3C1=O. The van der Waals surface area contributed by atoms with Crippen LogP contribution < -0.4 is 0 Å². The van der Waals surface area contributed by atoms with Gasteiger partial charge in [0, 0.05) is 12.6 Å². The highest BCUT2D eigenvalue weighted by Crippen LogP contribution is 2.58. The van der Waals surface area contributed by atoms with Gasteiger partial charge in [0.15, 0.2) is 0 Å². The Bertz CT molecular complexity index is 884. The van der Waals surface area contributed by atoms with Crippen molar-refractivity contribution in [2.45, 2.75) is 76.8 Å². The van der Waals surface area contributed by atoms with E-state index in [0.717, 1.165) is 12.8 Å². The maximum atomic E-state index is 14.1.